The zero-order chi connectivity index (χ0) is 18.8. The van der Waals surface area contributed by atoms with Gasteiger partial charge in [-0.2, -0.15) is 0 Å². The number of benzene rings is 1. The Morgan fingerprint density at radius 3 is 2.81 bits per heavy atom. The Morgan fingerprint density at radius 2 is 2.04 bits per heavy atom. The van der Waals surface area contributed by atoms with Gasteiger partial charge in [0.15, 0.2) is 0 Å². The smallest absolute Gasteiger partial charge is 0.238 e. The first kappa shape index (κ1) is 18.2. The summed E-state index contributed by atoms with van der Waals surface area (Å²) >= 11 is 7.82. The third-order valence-electron chi connectivity index (χ3n) is 4.68. The fraction of sp³-hybridized carbons (Fsp3) is 0.316. The number of carbonyl (C=O) groups is 1. The molecule has 140 valence electrons. The number of carbonyl (C=O) groups excluding carboxylic acids is 1. The summed E-state index contributed by atoms with van der Waals surface area (Å²) in [5.41, 5.74) is 1.73. The van der Waals surface area contributed by atoms with Crippen molar-refractivity contribution in [2.24, 2.45) is 0 Å². The Morgan fingerprint density at radius 1 is 1.22 bits per heavy atom. The van der Waals surface area contributed by atoms with E-state index < -0.39 is 0 Å². The lowest BCUT2D eigenvalue weighted by atomic mass is 10.2. The van der Waals surface area contributed by atoms with Crippen LogP contribution in [-0.4, -0.2) is 53.5 Å². The first-order valence-electron chi connectivity index (χ1n) is 8.81. The number of hydrogen-bond donors (Lipinski definition) is 1. The van der Waals surface area contributed by atoms with E-state index in [0.29, 0.717) is 17.3 Å². The van der Waals surface area contributed by atoms with Gasteiger partial charge in [0.05, 0.1) is 22.6 Å². The first-order chi connectivity index (χ1) is 13.1. The van der Waals surface area contributed by atoms with Crippen molar-refractivity contribution in [2.75, 3.05) is 42.9 Å². The maximum Gasteiger partial charge on any atom is 0.238 e. The normalized spacial score (nSPS) is 15.3. The number of halogens is 1. The monoisotopic (exact) mass is 401 g/mol. The molecule has 0 atom stereocenters. The topological polar surface area (TPSA) is 61.4 Å². The van der Waals surface area contributed by atoms with Crippen molar-refractivity contribution < 1.29 is 4.79 Å². The molecule has 0 radical (unpaired) electrons. The number of nitrogens with one attached hydrogen (secondary N) is 1. The predicted octanol–water partition coefficient (Wildman–Crippen LogP) is 3.41. The molecule has 8 heteroatoms. The van der Waals surface area contributed by atoms with Crippen LogP contribution in [-0.2, 0) is 4.79 Å². The van der Waals surface area contributed by atoms with Crippen LogP contribution in [0.25, 0.3) is 10.2 Å². The van der Waals surface area contributed by atoms with Gasteiger partial charge in [0, 0.05) is 26.2 Å². The van der Waals surface area contributed by atoms with Crippen LogP contribution < -0.4 is 10.2 Å². The van der Waals surface area contributed by atoms with Crippen molar-refractivity contribution in [3.8, 4) is 0 Å². The van der Waals surface area contributed by atoms with Crippen LogP contribution in [0.5, 0.6) is 0 Å². The summed E-state index contributed by atoms with van der Waals surface area (Å²) in [4.78, 5) is 26.6. The molecule has 0 bridgehead atoms. The first-order valence-corrected chi connectivity index (χ1v) is 10.1. The highest BCUT2D eigenvalue weighted by Gasteiger charge is 2.22. The molecule has 1 aliphatic rings. The Labute approximate surface area is 166 Å². The van der Waals surface area contributed by atoms with Crippen LogP contribution in [0.1, 0.15) is 5.56 Å². The van der Waals surface area contributed by atoms with Crippen LogP contribution in [0.4, 0.5) is 11.5 Å². The number of aryl methyl sites for hydroxylation is 1. The third-order valence-corrected chi connectivity index (χ3v) is 5.81. The summed E-state index contributed by atoms with van der Waals surface area (Å²) in [5.74, 6) is 0.938. The lowest BCUT2D eigenvalue weighted by Crippen LogP contribution is -2.49. The molecule has 4 rings (SSSR count). The highest BCUT2D eigenvalue weighted by molar-refractivity contribution is 7.16. The van der Waals surface area contributed by atoms with Gasteiger partial charge in [-0.15, -0.1) is 11.3 Å². The molecule has 1 amide bonds. The number of rotatable bonds is 4. The van der Waals surface area contributed by atoms with E-state index in [4.69, 9.17) is 11.6 Å². The number of nitrogens with zero attached hydrogens (tertiary/aromatic N) is 4. The second-order valence-corrected chi connectivity index (χ2v) is 7.93. The minimum absolute atomic E-state index is 0.0449. The SMILES string of the molecule is Cc1ccc(NC(=O)CN2CCN(c3ncnc4sccc34)CC2)c(Cl)c1. The van der Waals surface area contributed by atoms with E-state index in [1.54, 1.807) is 17.7 Å². The van der Waals surface area contributed by atoms with E-state index in [1.807, 2.05) is 30.5 Å². The minimum atomic E-state index is -0.0449. The number of thiophene rings is 1. The Bertz CT molecular complexity index is 968. The van der Waals surface area contributed by atoms with E-state index in [1.165, 1.54) is 0 Å². The molecule has 3 aromatic rings. The predicted molar refractivity (Wildman–Crippen MR) is 111 cm³/mol. The Kier molecular flexibility index (Phi) is 5.24. The number of fused-ring (bicyclic) bond motifs is 1. The molecule has 1 fully saturated rings. The van der Waals surface area contributed by atoms with E-state index in [0.717, 1.165) is 47.8 Å². The zero-order valence-corrected chi connectivity index (χ0v) is 16.6. The molecule has 3 heterocycles. The van der Waals surface area contributed by atoms with Gasteiger partial charge in [-0.25, -0.2) is 9.97 Å². The van der Waals surface area contributed by atoms with Gasteiger partial charge < -0.3 is 10.2 Å². The van der Waals surface area contributed by atoms with Crippen LogP contribution in [0.3, 0.4) is 0 Å². The quantitative estimate of drug-likeness (QED) is 0.725. The van der Waals surface area contributed by atoms with Crippen molar-refractivity contribution >= 4 is 50.6 Å². The van der Waals surface area contributed by atoms with E-state index in [2.05, 4.69) is 31.2 Å². The number of amides is 1. The van der Waals surface area contributed by atoms with Gasteiger partial charge in [0.2, 0.25) is 5.91 Å². The van der Waals surface area contributed by atoms with Crippen LogP contribution in [0.2, 0.25) is 5.02 Å². The van der Waals surface area contributed by atoms with Gasteiger partial charge in [-0.1, -0.05) is 17.7 Å². The summed E-state index contributed by atoms with van der Waals surface area (Å²) in [6.45, 7) is 5.62. The van der Waals surface area contributed by atoms with Gasteiger partial charge in [0.25, 0.3) is 0 Å². The molecule has 0 saturated carbocycles. The van der Waals surface area contributed by atoms with Crippen molar-refractivity contribution in [3.63, 3.8) is 0 Å². The van der Waals surface area contributed by atoms with Gasteiger partial charge in [-0.05, 0) is 36.1 Å². The molecule has 27 heavy (non-hydrogen) atoms. The average molecular weight is 402 g/mol. The summed E-state index contributed by atoms with van der Waals surface area (Å²) in [5, 5.41) is 6.61. The van der Waals surface area contributed by atoms with E-state index in [9.17, 15) is 4.79 Å². The molecule has 0 aliphatic carbocycles. The number of piperazine rings is 1. The number of hydrogen-bond acceptors (Lipinski definition) is 6. The zero-order valence-electron chi connectivity index (χ0n) is 15.0. The molecule has 1 saturated heterocycles. The van der Waals surface area contributed by atoms with Crippen LogP contribution in [0.15, 0.2) is 36.0 Å². The molecule has 1 N–H and O–H groups in total. The van der Waals surface area contributed by atoms with E-state index in [-0.39, 0.29) is 5.91 Å². The fourth-order valence-corrected chi connectivity index (χ4v) is 4.27. The molecular formula is C19H20ClN5OS. The van der Waals surface area contributed by atoms with Crippen molar-refractivity contribution in [3.05, 3.63) is 46.6 Å². The number of aromatic nitrogens is 2. The number of anilines is 2. The third kappa shape index (κ3) is 4.05. The second-order valence-electron chi connectivity index (χ2n) is 6.63. The van der Waals surface area contributed by atoms with Crippen molar-refractivity contribution in [2.45, 2.75) is 6.92 Å². The molecule has 0 unspecified atom stereocenters. The Balaban J connectivity index is 1.34. The van der Waals surface area contributed by atoms with Crippen molar-refractivity contribution in [1.29, 1.82) is 0 Å². The average Bonchev–Trinajstić information content (AvgIpc) is 3.13. The molecule has 1 aromatic carbocycles. The summed E-state index contributed by atoms with van der Waals surface area (Å²) in [6.07, 6.45) is 1.62. The molecule has 0 spiro atoms. The summed E-state index contributed by atoms with van der Waals surface area (Å²) in [7, 11) is 0. The second kappa shape index (κ2) is 7.80. The highest BCUT2D eigenvalue weighted by atomic mass is 35.5. The molecule has 2 aromatic heterocycles. The molecule has 1 aliphatic heterocycles. The summed E-state index contributed by atoms with van der Waals surface area (Å²) in [6, 6.07) is 7.70. The standard InChI is InChI=1S/C19H20ClN5OS/c1-13-2-3-16(15(20)10-13)23-17(26)11-24-5-7-25(8-6-24)18-14-4-9-27-19(14)22-12-21-18/h2-4,9-10,12H,5-8,11H2,1H3,(H,23,26). The highest BCUT2D eigenvalue weighted by Crippen LogP contribution is 2.27. The van der Waals surface area contributed by atoms with Gasteiger partial charge in [-0.3, -0.25) is 9.69 Å². The van der Waals surface area contributed by atoms with E-state index >= 15 is 0 Å². The maximum absolute atomic E-state index is 12.4. The van der Waals surface area contributed by atoms with Crippen molar-refractivity contribution in [1.82, 2.24) is 14.9 Å². The minimum Gasteiger partial charge on any atom is -0.353 e. The lowest BCUT2D eigenvalue weighted by molar-refractivity contribution is -0.117. The maximum atomic E-state index is 12.4. The van der Waals surface area contributed by atoms with Gasteiger partial charge >= 0.3 is 0 Å². The fourth-order valence-electron chi connectivity index (χ4n) is 3.26. The molecule has 6 nitrogen and oxygen atoms in total. The van der Waals surface area contributed by atoms with Crippen LogP contribution in [0, 0.1) is 6.92 Å². The Hall–Kier alpha value is -2.22. The van der Waals surface area contributed by atoms with Gasteiger partial charge in [0.1, 0.15) is 17.0 Å². The largest absolute Gasteiger partial charge is 0.353 e. The summed E-state index contributed by atoms with van der Waals surface area (Å²) < 4.78 is 0. The molecular weight excluding hydrogens is 382 g/mol. The van der Waals surface area contributed by atoms with Crippen LogP contribution >= 0.6 is 22.9 Å². The lowest BCUT2D eigenvalue weighted by Gasteiger charge is -2.35.